The largest absolute Gasteiger partial charge is 0.464 e. The van der Waals surface area contributed by atoms with Gasteiger partial charge in [0.15, 0.2) is 4.80 Å². The van der Waals surface area contributed by atoms with Gasteiger partial charge in [-0.25, -0.2) is 4.99 Å². The number of aryl methyl sites for hydroxylation is 2. The van der Waals surface area contributed by atoms with Crippen molar-refractivity contribution in [3.05, 3.63) is 118 Å². The van der Waals surface area contributed by atoms with Crippen molar-refractivity contribution in [1.29, 1.82) is 0 Å². The zero-order valence-electron chi connectivity index (χ0n) is 19.6. The molecule has 1 unspecified atom stereocenters. The third-order valence-electron chi connectivity index (χ3n) is 5.94. The van der Waals surface area contributed by atoms with Crippen LogP contribution in [0.25, 0.3) is 6.08 Å². The van der Waals surface area contributed by atoms with E-state index in [4.69, 9.17) is 27.6 Å². The molecule has 5 rings (SSSR count). The van der Waals surface area contributed by atoms with E-state index in [0.29, 0.717) is 53.4 Å². The molecule has 0 saturated carbocycles. The van der Waals surface area contributed by atoms with E-state index in [2.05, 4.69) is 10.3 Å². The fourth-order valence-electron chi connectivity index (χ4n) is 4.14. The minimum absolute atomic E-state index is 0.294. The summed E-state index contributed by atoms with van der Waals surface area (Å²) in [6.45, 7) is 5.50. The molecule has 0 spiro atoms. The number of halogens is 2. The quantitative estimate of drug-likeness (QED) is 0.379. The van der Waals surface area contributed by atoms with Crippen LogP contribution in [0.5, 0.6) is 0 Å². The van der Waals surface area contributed by atoms with E-state index < -0.39 is 6.04 Å². The van der Waals surface area contributed by atoms with Gasteiger partial charge in [0.25, 0.3) is 11.5 Å². The van der Waals surface area contributed by atoms with Gasteiger partial charge in [-0.3, -0.25) is 14.2 Å². The summed E-state index contributed by atoms with van der Waals surface area (Å²) < 4.78 is 7.88. The molecule has 2 aromatic heterocycles. The molecule has 4 aromatic rings. The highest BCUT2D eigenvalue weighted by Gasteiger charge is 2.34. The summed E-state index contributed by atoms with van der Waals surface area (Å²) in [6, 6.07) is 15.4. The predicted molar refractivity (Wildman–Crippen MR) is 143 cm³/mol. The molecule has 0 fully saturated rings. The van der Waals surface area contributed by atoms with Crippen LogP contribution >= 0.6 is 34.5 Å². The Bertz CT molecular complexity index is 1730. The second-order valence-corrected chi connectivity index (χ2v) is 10.3. The van der Waals surface area contributed by atoms with Gasteiger partial charge in [-0.05, 0) is 68.3 Å². The van der Waals surface area contributed by atoms with Gasteiger partial charge in [0.05, 0.1) is 15.8 Å². The first-order valence-electron chi connectivity index (χ1n) is 11.1. The van der Waals surface area contributed by atoms with Crippen LogP contribution in [0.1, 0.15) is 35.6 Å². The number of fused-ring (bicyclic) bond motifs is 1. The average molecular weight is 538 g/mol. The summed E-state index contributed by atoms with van der Waals surface area (Å²) in [5.74, 6) is 0.807. The number of thiazole rings is 1. The molecule has 36 heavy (non-hydrogen) atoms. The maximum atomic E-state index is 13.7. The van der Waals surface area contributed by atoms with Crippen molar-refractivity contribution in [3.8, 4) is 0 Å². The minimum atomic E-state index is -0.776. The maximum absolute atomic E-state index is 13.7. The second-order valence-electron chi connectivity index (χ2n) is 8.47. The molecule has 1 aliphatic rings. The number of furan rings is 1. The summed E-state index contributed by atoms with van der Waals surface area (Å²) in [5, 5.41) is 3.92. The molecule has 1 N–H and O–H groups in total. The normalized spacial score (nSPS) is 15.6. The molecule has 1 aliphatic heterocycles. The molecule has 182 valence electrons. The number of hydrogen-bond donors (Lipinski definition) is 1. The Kier molecular flexibility index (Phi) is 6.47. The Morgan fingerprint density at radius 3 is 2.58 bits per heavy atom. The fraction of sp³-hybridized carbons (Fsp3) is 0.148. The van der Waals surface area contributed by atoms with E-state index >= 15 is 0 Å². The number of aromatic nitrogens is 1. The van der Waals surface area contributed by atoms with Crippen molar-refractivity contribution in [2.45, 2.75) is 26.8 Å². The van der Waals surface area contributed by atoms with Gasteiger partial charge >= 0.3 is 0 Å². The lowest BCUT2D eigenvalue weighted by molar-refractivity contribution is -0.113. The molecule has 6 nitrogen and oxygen atoms in total. The monoisotopic (exact) mass is 537 g/mol. The van der Waals surface area contributed by atoms with E-state index in [1.54, 1.807) is 37.3 Å². The van der Waals surface area contributed by atoms with Crippen LogP contribution in [0.3, 0.4) is 0 Å². The summed E-state index contributed by atoms with van der Waals surface area (Å²) in [4.78, 5) is 32.4. The lowest BCUT2D eigenvalue weighted by atomic mass is 10.00. The van der Waals surface area contributed by atoms with Crippen LogP contribution in [-0.4, -0.2) is 10.5 Å². The number of nitrogens with one attached hydrogen (secondary N) is 1. The predicted octanol–water partition coefficient (Wildman–Crippen LogP) is 5.39. The number of anilines is 1. The Labute approximate surface area is 220 Å². The number of hydrogen-bond acceptors (Lipinski definition) is 5. The Hall–Kier alpha value is -3.39. The minimum Gasteiger partial charge on any atom is -0.464 e. The van der Waals surface area contributed by atoms with Crippen LogP contribution in [0.15, 0.2) is 80.1 Å². The van der Waals surface area contributed by atoms with Gasteiger partial charge < -0.3 is 9.73 Å². The highest BCUT2D eigenvalue weighted by atomic mass is 35.5. The Balaban J connectivity index is 1.67. The summed E-state index contributed by atoms with van der Waals surface area (Å²) in [7, 11) is 0. The molecule has 0 bridgehead atoms. The first-order valence-corrected chi connectivity index (χ1v) is 12.7. The van der Waals surface area contributed by atoms with E-state index in [1.807, 2.05) is 44.2 Å². The van der Waals surface area contributed by atoms with Gasteiger partial charge in [-0.15, -0.1) is 0 Å². The van der Waals surface area contributed by atoms with Crippen LogP contribution in [0.4, 0.5) is 5.69 Å². The summed E-state index contributed by atoms with van der Waals surface area (Å²) in [5.41, 5.74) is 2.83. The first kappa shape index (κ1) is 24.3. The zero-order valence-corrected chi connectivity index (χ0v) is 22.0. The number of carbonyl (C=O) groups is 1. The lowest BCUT2D eigenvalue weighted by Gasteiger charge is -2.23. The van der Waals surface area contributed by atoms with Gasteiger partial charge in [0.2, 0.25) is 0 Å². The van der Waals surface area contributed by atoms with Crippen molar-refractivity contribution in [3.63, 3.8) is 0 Å². The standard InChI is InChI=1S/C27H21Cl2N3O3S/c1-14-6-4-5-7-20(14)31-25(33)23-16(3)30-27-32(24(23)21-11-8-15(2)35-21)26(34)22(36-27)12-17-9-10-18(28)13-19(17)29/h4-13,24H,1-3H3,(H,31,33)/b22-12+. The maximum Gasteiger partial charge on any atom is 0.271 e. The second kappa shape index (κ2) is 9.58. The zero-order chi connectivity index (χ0) is 25.6. The molecule has 3 heterocycles. The summed E-state index contributed by atoms with van der Waals surface area (Å²) >= 11 is 13.6. The van der Waals surface area contributed by atoms with Gasteiger partial charge in [0.1, 0.15) is 17.6 Å². The van der Waals surface area contributed by atoms with Gasteiger partial charge in [-0.2, -0.15) is 0 Å². The molecule has 0 saturated heterocycles. The highest BCUT2D eigenvalue weighted by Crippen LogP contribution is 2.32. The average Bonchev–Trinajstić information content (AvgIpc) is 3.39. The van der Waals surface area contributed by atoms with E-state index in [9.17, 15) is 9.59 Å². The SMILES string of the molecule is CC1=C(C(=O)Nc2ccccc2C)C(c2ccc(C)o2)n2c(s/c(=C/c3ccc(Cl)cc3Cl)c2=O)=N1. The fourth-order valence-corrected chi connectivity index (χ4v) is 5.64. The van der Waals surface area contributed by atoms with E-state index in [-0.39, 0.29) is 11.5 Å². The van der Waals surface area contributed by atoms with Gasteiger partial charge in [-0.1, -0.05) is 58.8 Å². The first-order chi connectivity index (χ1) is 17.2. The number of para-hydroxylation sites is 1. The molecule has 1 amide bonds. The van der Waals surface area contributed by atoms with Crippen molar-refractivity contribution in [2.75, 3.05) is 5.32 Å². The highest BCUT2D eigenvalue weighted by molar-refractivity contribution is 7.07. The lowest BCUT2D eigenvalue weighted by Crippen LogP contribution is -2.40. The number of amides is 1. The topological polar surface area (TPSA) is 76.6 Å². The number of rotatable bonds is 4. The van der Waals surface area contributed by atoms with E-state index in [0.717, 1.165) is 5.56 Å². The van der Waals surface area contributed by atoms with Crippen molar-refractivity contribution >= 4 is 52.2 Å². The van der Waals surface area contributed by atoms with Crippen molar-refractivity contribution in [1.82, 2.24) is 4.57 Å². The Morgan fingerprint density at radius 1 is 1.11 bits per heavy atom. The van der Waals surface area contributed by atoms with E-state index in [1.165, 1.54) is 15.9 Å². The number of nitrogens with zero attached hydrogens (tertiary/aromatic N) is 2. The number of carbonyl (C=O) groups excluding carboxylic acids is 1. The molecular weight excluding hydrogens is 517 g/mol. The number of benzene rings is 2. The van der Waals surface area contributed by atoms with Crippen molar-refractivity contribution < 1.29 is 9.21 Å². The third-order valence-corrected chi connectivity index (χ3v) is 7.48. The molecule has 0 radical (unpaired) electrons. The molecule has 1 atom stereocenters. The summed E-state index contributed by atoms with van der Waals surface area (Å²) in [6.07, 6.45) is 1.71. The Morgan fingerprint density at radius 2 is 1.89 bits per heavy atom. The molecule has 9 heteroatoms. The van der Waals surface area contributed by atoms with Crippen LogP contribution in [0, 0.1) is 13.8 Å². The van der Waals surface area contributed by atoms with Crippen LogP contribution in [-0.2, 0) is 4.79 Å². The molecular formula is C27H21Cl2N3O3S. The number of allylic oxidation sites excluding steroid dienone is 1. The van der Waals surface area contributed by atoms with Crippen LogP contribution in [0.2, 0.25) is 10.0 Å². The third kappa shape index (κ3) is 4.46. The van der Waals surface area contributed by atoms with Gasteiger partial charge in [0, 0.05) is 15.7 Å². The van der Waals surface area contributed by atoms with Crippen LogP contribution < -0.4 is 20.2 Å². The van der Waals surface area contributed by atoms with Crippen molar-refractivity contribution in [2.24, 2.45) is 4.99 Å². The molecule has 0 aliphatic carbocycles. The smallest absolute Gasteiger partial charge is 0.271 e. The molecule has 2 aromatic carbocycles.